The Bertz CT molecular complexity index is 234. The lowest BCUT2D eigenvalue weighted by atomic mass is 10.1. The van der Waals surface area contributed by atoms with Crippen LogP contribution in [0.15, 0.2) is 0 Å². The quantitative estimate of drug-likeness (QED) is 0.617. The highest BCUT2D eigenvalue weighted by molar-refractivity contribution is 4.80. The number of alkyl halides is 4. The van der Waals surface area contributed by atoms with Crippen LogP contribution < -0.4 is 5.32 Å². The number of nitrogens with one attached hydrogen (secondary N) is 1. The maximum absolute atomic E-state index is 12.6. The van der Waals surface area contributed by atoms with Crippen LogP contribution in [0.5, 0.6) is 0 Å². The number of halogens is 4. The average molecular weight is 271 g/mol. The maximum atomic E-state index is 12.6. The van der Waals surface area contributed by atoms with Gasteiger partial charge in [0.1, 0.15) is 6.61 Å². The minimum absolute atomic E-state index is 0.00841. The first kappa shape index (κ1) is 15.7. The fraction of sp³-hybridized carbons (Fsp3) is 1.00. The normalized spacial score (nSPS) is 18.3. The third-order valence-electron chi connectivity index (χ3n) is 2.93. The maximum Gasteiger partial charge on any atom is 0.330 e. The van der Waals surface area contributed by atoms with Gasteiger partial charge in [0, 0.05) is 6.04 Å². The molecule has 1 rings (SSSR count). The van der Waals surface area contributed by atoms with E-state index in [0.29, 0.717) is 5.92 Å². The predicted octanol–water partition coefficient (Wildman–Crippen LogP) is 3.07. The van der Waals surface area contributed by atoms with Crippen LogP contribution in [0.2, 0.25) is 0 Å². The first-order chi connectivity index (χ1) is 8.45. The lowest BCUT2D eigenvalue weighted by Crippen LogP contribution is -2.38. The molecule has 2 nitrogen and oxygen atoms in total. The van der Waals surface area contributed by atoms with Crippen LogP contribution in [0.3, 0.4) is 0 Å². The van der Waals surface area contributed by atoms with Gasteiger partial charge in [-0.3, -0.25) is 0 Å². The summed E-state index contributed by atoms with van der Waals surface area (Å²) in [5.74, 6) is -3.41. The van der Waals surface area contributed by atoms with E-state index in [1.807, 2.05) is 6.92 Å². The molecular formula is C12H21F4NO. The standard InChI is InChI=1S/C12H21F4NO/c1-2-5-17-10(6-9-3-4-9)7-18-8-12(15,16)11(13)14/h9-11,17H,2-8H2,1H3. The molecule has 18 heavy (non-hydrogen) atoms. The summed E-state index contributed by atoms with van der Waals surface area (Å²) in [6.07, 6.45) is 0.479. The predicted molar refractivity (Wildman–Crippen MR) is 61.2 cm³/mol. The zero-order chi connectivity index (χ0) is 13.6. The summed E-state index contributed by atoms with van der Waals surface area (Å²) in [5.41, 5.74) is 0. The average Bonchev–Trinajstić information content (AvgIpc) is 3.09. The summed E-state index contributed by atoms with van der Waals surface area (Å²) in [4.78, 5) is 0. The third kappa shape index (κ3) is 6.00. The highest BCUT2D eigenvalue weighted by Crippen LogP contribution is 2.33. The van der Waals surface area contributed by atoms with Gasteiger partial charge in [0.2, 0.25) is 0 Å². The minimum Gasteiger partial charge on any atom is -0.373 e. The Labute approximate surface area is 105 Å². The summed E-state index contributed by atoms with van der Waals surface area (Å²) >= 11 is 0. The SMILES string of the molecule is CCCNC(COCC(F)(F)C(F)F)CC1CC1. The zero-order valence-corrected chi connectivity index (χ0v) is 10.6. The van der Waals surface area contributed by atoms with E-state index in [1.54, 1.807) is 0 Å². The second-order valence-electron chi connectivity index (χ2n) is 4.91. The Morgan fingerprint density at radius 1 is 1.33 bits per heavy atom. The topological polar surface area (TPSA) is 21.3 Å². The molecule has 0 aromatic carbocycles. The Balaban J connectivity index is 2.22. The minimum atomic E-state index is -4.05. The van der Waals surface area contributed by atoms with Crippen LogP contribution in [0, 0.1) is 5.92 Å². The van der Waals surface area contributed by atoms with Crippen molar-refractivity contribution >= 4 is 0 Å². The van der Waals surface area contributed by atoms with Crippen molar-refractivity contribution in [2.45, 2.75) is 51.0 Å². The summed E-state index contributed by atoms with van der Waals surface area (Å²) in [6.45, 7) is 1.65. The fourth-order valence-electron chi connectivity index (χ4n) is 1.71. The smallest absolute Gasteiger partial charge is 0.330 e. The lowest BCUT2D eigenvalue weighted by Gasteiger charge is -2.21. The fourth-order valence-corrected chi connectivity index (χ4v) is 1.71. The molecule has 6 heteroatoms. The van der Waals surface area contributed by atoms with Crippen LogP contribution in [0.25, 0.3) is 0 Å². The van der Waals surface area contributed by atoms with E-state index >= 15 is 0 Å². The van der Waals surface area contributed by atoms with E-state index in [4.69, 9.17) is 4.74 Å². The summed E-state index contributed by atoms with van der Waals surface area (Å²) in [5, 5.41) is 3.20. The van der Waals surface area contributed by atoms with Crippen molar-refractivity contribution in [3.63, 3.8) is 0 Å². The van der Waals surface area contributed by atoms with Crippen molar-refractivity contribution in [2.24, 2.45) is 5.92 Å². The monoisotopic (exact) mass is 271 g/mol. The van der Waals surface area contributed by atoms with E-state index in [1.165, 1.54) is 0 Å². The second-order valence-corrected chi connectivity index (χ2v) is 4.91. The van der Waals surface area contributed by atoms with Gasteiger partial charge in [-0.25, -0.2) is 8.78 Å². The van der Waals surface area contributed by atoms with Crippen molar-refractivity contribution in [3.8, 4) is 0 Å². The Kier molecular flexibility index (Phi) is 6.35. The largest absolute Gasteiger partial charge is 0.373 e. The van der Waals surface area contributed by atoms with Crippen molar-refractivity contribution < 1.29 is 22.3 Å². The molecule has 0 radical (unpaired) electrons. The van der Waals surface area contributed by atoms with Gasteiger partial charge in [-0.2, -0.15) is 8.78 Å². The molecule has 1 N–H and O–H groups in total. The first-order valence-electron chi connectivity index (χ1n) is 6.42. The highest BCUT2D eigenvalue weighted by Gasteiger charge is 2.41. The molecule has 1 aliphatic rings. The molecule has 0 aliphatic heterocycles. The van der Waals surface area contributed by atoms with Gasteiger partial charge >= 0.3 is 12.3 Å². The molecule has 0 bridgehead atoms. The zero-order valence-electron chi connectivity index (χ0n) is 10.6. The van der Waals surface area contributed by atoms with E-state index in [9.17, 15) is 17.6 Å². The van der Waals surface area contributed by atoms with Gasteiger partial charge in [0.15, 0.2) is 0 Å². The van der Waals surface area contributed by atoms with Gasteiger partial charge < -0.3 is 10.1 Å². The molecule has 0 saturated heterocycles. The molecule has 1 aliphatic carbocycles. The van der Waals surface area contributed by atoms with Crippen molar-refractivity contribution in [1.82, 2.24) is 5.32 Å². The first-order valence-corrected chi connectivity index (χ1v) is 6.42. The molecular weight excluding hydrogens is 250 g/mol. The number of hydrogen-bond acceptors (Lipinski definition) is 2. The molecule has 0 aromatic heterocycles. The van der Waals surface area contributed by atoms with Gasteiger partial charge in [-0.1, -0.05) is 19.8 Å². The van der Waals surface area contributed by atoms with Crippen LogP contribution >= 0.6 is 0 Å². The third-order valence-corrected chi connectivity index (χ3v) is 2.93. The lowest BCUT2D eigenvalue weighted by molar-refractivity contribution is -0.167. The van der Waals surface area contributed by atoms with Crippen molar-refractivity contribution in [3.05, 3.63) is 0 Å². The van der Waals surface area contributed by atoms with Crippen LogP contribution in [-0.4, -0.2) is 38.1 Å². The van der Waals surface area contributed by atoms with Crippen molar-refractivity contribution in [2.75, 3.05) is 19.8 Å². The number of hydrogen-bond donors (Lipinski definition) is 1. The van der Waals surface area contributed by atoms with Crippen LogP contribution in [-0.2, 0) is 4.74 Å². The molecule has 1 saturated carbocycles. The Morgan fingerprint density at radius 2 is 2.00 bits per heavy atom. The summed E-state index contributed by atoms with van der Waals surface area (Å²) in [6, 6.07) is -0.00841. The number of rotatable bonds is 10. The second kappa shape index (κ2) is 7.28. The molecule has 1 unspecified atom stereocenters. The van der Waals surface area contributed by atoms with E-state index < -0.39 is 19.0 Å². The van der Waals surface area contributed by atoms with E-state index in [-0.39, 0.29) is 12.6 Å². The Morgan fingerprint density at radius 3 is 2.50 bits per heavy atom. The molecule has 0 spiro atoms. The summed E-state index contributed by atoms with van der Waals surface area (Å²) < 4.78 is 53.8. The van der Waals surface area contributed by atoms with E-state index in [0.717, 1.165) is 32.2 Å². The van der Waals surface area contributed by atoms with Crippen LogP contribution in [0.4, 0.5) is 17.6 Å². The highest BCUT2D eigenvalue weighted by atomic mass is 19.3. The molecule has 108 valence electrons. The molecule has 1 atom stereocenters. The van der Waals surface area contributed by atoms with Gasteiger partial charge in [0.25, 0.3) is 0 Å². The van der Waals surface area contributed by atoms with Crippen LogP contribution in [0.1, 0.15) is 32.6 Å². The van der Waals surface area contributed by atoms with Gasteiger partial charge in [-0.15, -0.1) is 0 Å². The summed E-state index contributed by atoms with van der Waals surface area (Å²) in [7, 11) is 0. The molecule has 1 fully saturated rings. The molecule has 0 heterocycles. The van der Waals surface area contributed by atoms with E-state index in [2.05, 4.69) is 5.32 Å². The van der Waals surface area contributed by atoms with Gasteiger partial charge in [-0.05, 0) is 25.3 Å². The number of ether oxygens (including phenoxy) is 1. The molecule has 0 aromatic rings. The van der Waals surface area contributed by atoms with Crippen molar-refractivity contribution in [1.29, 1.82) is 0 Å². The molecule has 0 amide bonds. The Hall–Kier alpha value is -0.360. The van der Waals surface area contributed by atoms with Gasteiger partial charge in [0.05, 0.1) is 6.61 Å².